The van der Waals surface area contributed by atoms with Gasteiger partial charge in [-0.05, 0) is 127 Å². The maximum absolute atomic E-state index is 16.6. The van der Waals surface area contributed by atoms with Crippen LogP contribution >= 0.6 is 11.6 Å². The predicted molar refractivity (Wildman–Crippen MR) is 337 cm³/mol. The number of likely N-dealkylation sites (tertiary alicyclic amines) is 1. The van der Waals surface area contributed by atoms with Gasteiger partial charge in [0.2, 0.25) is 29.5 Å². The molecule has 4 N–H and O–H groups in total. The lowest BCUT2D eigenvalue weighted by atomic mass is 9.87. The molecule has 23 heteroatoms. The SMILES string of the molecule is C=CC(=O)N1CCN(c2nc(NCCC(=O)NCCCCCCNC(=O)CCC[C@H](/C=C(\C)C[C@@H](C[C@H](OC)[C@@H]3CCCC(C(=O)C(=O)N4CCCCC4)O3)OC)C(=O)CC[C@@H](C)[C@H](OC=O)C(=C)C)nc3c(F)c(-c4c(O)cccc4F)c(Cl)cc23)CC1. The van der Waals surface area contributed by atoms with Crippen molar-refractivity contribution in [3.05, 3.63) is 77.4 Å². The van der Waals surface area contributed by atoms with Crippen molar-refractivity contribution < 1.29 is 66.4 Å². The number of allylic oxidation sites excluding steroid dienone is 1. The number of halogens is 3. The Morgan fingerprint density at radius 2 is 1.54 bits per heavy atom. The Bertz CT molecular complexity index is 2950. The number of Topliss-reactive ketones (excluding diaryl/α,β-unsaturated/α-hetero) is 2. The third-order valence-electron chi connectivity index (χ3n) is 17.0. The maximum atomic E-state index is 16.6. The number of methoxy groups -OCH3 is 2. The fourth-order valence-electron chi connectivity index (χ4n) is 12.0. The molecular formula is C66H91ClF2N8O12. The molecule has 0 radical (unpaired) electrons. The number of nitrogens with one attached hydrogen (secondary N) is 3. The molecule has 4 heterocycles. The van der Waals surface area contributed by atoms with Crippen molar-refractivity contribution in [2.45, 2.75) is 167 Å². The monoisotopic (exact) mass is 1260 g/mol. The van der Waals surface area contributed by atoms with Crippen LogP contribution < -0.4 is 20.9 Å². The van der Waals surface area contributed by atoms with Crippen molar-refractivity contribution >= 4 is 75.9 Å². The lowest BCUT2D eigenvalue weighted by Gasteiger charge is -2.36. The van der Waals surface area contributed by atoms with E-state index in [2.05, 4.69) is 39.1 Å². The van der Waals surface area contributed by atoms with Crippen LogP contribution in [0.2, 0.25) is 5.02 Å². The second-order valence-electron chi connectivity index (χ2n) is 23.6. The fourth-order valence-corrected chi connectivity index (χ4v) is 12.3. The molecule has 7 atom stereocenters. The molecule has 4 amide bonds. The van der Waals surface area contributed by atoms with Gasteiger partial charge in [-0.1, -0.05) is 62.2 Å². The number of piperazine rings is 1. The Morgan fingerprint density at radius 1 is 0.843 bits per heavy atom. The van der Waals surface area contributed by atoms with Gasteiger partial charge in [0.1, 0.15) is 40.9 Å². The van der Waals surface area contributed by atoms with Crippen molar-refractivity contribution in [2.24, 2.45) is 11.8 Å². The molecule has 2 aromatic carbocycles. The second-order valence-corrected chi connectivity index (χ2v) is 24.0. The Hall–Kier alpha value is -6.88. The van der Waals surface area contributed by atoms with Crippen LogP contribution in [0.1, 0.15) is 136 Å². The number of nitrogens with zero attached hydrogens (tertiary/aromatic N) is 5. The number of aromatic hydroxyl groups is 1. The molecule has 3 saturated heterocycles. The van der Waals surface area contributed by atoms with Gasteiger partial charge >= 0.3 is 0 Å². The molecule has 89 heavy (non-hydrogen) atoms. The van der Waals surface area contributed by atoms with Crippen LogP contribution in [0, 0.1) is 23.5 Å². The van der Waals surface area contributed by atoms with E-state index in [1.54, 1.807) is 30.9 Å². The highest BCUT2D eigenvalue weighted by Gasteiger charge is 2.38. The summed E-state index contributed by atoms with van der Waals surface area (Å²) in [5.41, 5.74) is 0.641. The number of piperidine rings is 1. The molecule has 20 nitrogen and oxygen atoms in total. The van der Waals surface area contributed by atoms with Gasteiger partial charge in [0, 0.05) is 116 Å². The van der Waals surface area contributed by atoms with E-state index in [0.717, 1.165) is 50.2 Å². The number of phenolic OH excluding ortho intramolecular Hbond substituents is 1. The Labute approximate surface area is 526 Å². The fraction of sp³-hybridized carbons (Fsp3) is 0.591. The van der Waals surface area contributed by atoms with E-state index in [4.69, 9.17) is 30.5 Å². The summed E-state index contributed by atoms with van der Waals surface area (Å²) >= 11 is 6.60. The highest BCUT2D eigenvalue weighted by molar-refractivity contribution is 6.37. The molecule has 0 aliphatic carbocycles. The molecule has 0 saturated carbocycles. The summed E-state index contributed by atoms with van der Waals surface area (Å²) in [5.74, 6) is -4.22. The number of carbonyl (C=O) groups is 7. The summed E-state index contributed by atoms with van der Waals surface area (Å²) in [7, 11) is 3.22. The average Bonchev–Trinajstić information content (AvgIpc) is 2.05. The van der Waals surface area contributed by atoms with Gasteiger partial charge < -0.3 is 54.7 Å². The Morgan fingerprint density at radius 3 is 2.18 bits per heavy atom. The minimum Gasteiger partial charge on any atom is -0.507 e. The zero-order valence-corrected chi connectivity index (χ0v) is 53.2. The van der Waals surface area contributed by atoms with Crippen LogP contribution in [0.4, 0.5) is 20.5 Å². The van der Waals surface area contributed by atoms with Crippen LogP contribution in [-0.4, -0.2) is 170 Å². The van der Waals surface area contributed by atoms with Gasteiger partial charge in [0.25, 0.3) is 12.4 Å². The van der Waals surface area contributed by atoms with Crippen LogP contribution in [-0.2, 0) is 52.5 Å². The Balaban J connectivity index is 0.946. The van der Waals surface area contributed by atoms with Crippen molar-refractivity contribution in [1.82, 2.24) is 30.4 Å². The number of benzene rings is 2. The number of carbonyl (C=O) groups excluding carboxylic acids is 7. The van der Waals surface area contributed by atoms with E-state index >= 15 is 8.78 Å². The quantitative estimate of drug-likeness (QED) is 0.0139. The number of phenols is 1. The van der Waals surface area contributed by atoms with Crippen molar-refractivity contribution in [1.29, 1.82) is 0 Å². The molecule has 0 spiro atoms. The van der Waals surface area contributed by atoms with Crippen LogP contribution in [0.3, 0.4) is 0 Å². The number of unbranched alkanes of at least 4 members (excludes halogenated alkanes) is 3. The van der Waals surface area contributed by atoms with E-state index < -0.39 is 65.0 Å². The van der Waals surface area contributed by atoms with Crippen molar-refractivity contribution in [3.8, 4) is 16.9 Å². The molecule has 3 aliphatic rings. The third kappa shape index (κ3) is 20.8. The summed E-state index contributed by atoms with van der Waals surface area (Å²) in [5, 5.41) is 19.5. The largest absolute Gasteiger partial charge is 0.507 e. The van der Waals surface area contributed by atoms with Crippen molar-refractivity contribution in [3.63, 3.8) is 0 Å². The van der Waals surface area contributed by atoms with Crippen molar-refractivity contribution in [2.75, 3.05) is 83.3 Å². The maximum Gasteiger partial charge on any atom is 0.293 e. The number of hydrogen-bond acceptors (Lipinski definition) is 16. The van der Waals surface area contributed by atoms with E-state index in [1.807, 2.05) is 24.8 Å². The standard InChI is InChI=1S/C66H91ClF2N8O12/c1-8-57(83)75-33-35-76(36-34-75)64-47-40-48(67)58(59-49(68)20-17-21-51(59)80)60(69)61(47)73-66(74-64)72-30-27-56(82)71-29-13-10-9-12-28-70-55(81)24-16-19-45(50(79)26-25-44(5)63(42(2)3)88-41-78)37-43(4)38-46(86-6)39-54(87-7)52-22-18-23-53(89-52)62(84)65(85)77-31-14-11-15-32-77/h8,17,20-21,37,40-41,44-46,52-54,63,80H,1-2,9-16,18-19,22-36,38-39H2,3-7H3,(H,70,81)(H,71,82)(H,72,73,74)/b43-37+/t44-,45-,46+,52+,53?,54+,63-/m1/s1. The first-order valence-electron chi connectivity index (χ1n) is 31.4. The summed E-state index contributed by atoms with van der Waals surface area (Å²) < 4.78 is 55.1. The van der Waals surface area contributed by atoms with Gasteiger partial charge in [-0.15, -0.1) is 0 Å². The minimum absolute atomic E-state index is 0.00369. The van der Waals surface area contributed by atoms with Gasteiger partial charge in [-0.2, -0.15) is 4.98 Å². The lowest BCUT2D eigenvalue weighted by Crippen LogP contribution is -2.48. The summed E-state index contributed by atoms with van der Waals surface area (Å²) in [6.07, 6.45) is 11.3. The molecule has 1 aromatic heterocycles. The van der Waals surface area contributed by atoms with Gasteiger partial charge in [-0.25, -0.2) is 13.8 Å². The predicted octanol–water partition coefficient (Wildman–Crippen LogP) is 9.53. The number of anilines is 2. The molecule has 488 valence electrons. The summed E-state index contributed by atoms with van der Waals surface area (Å²) in [6.45, 7) is 17.1. The highest BCUT2D eigenvalue weighted by Crippen LogP contribution is 2.43. The first-order chi connectivity index (χ1) is 42.8. The van der Waals surface area contributed by atoms with E-state index in [9.17, 15) is 38.7 Å². The first kappa shape index (κ1) is 71.2. The molecule has 3 aromatic rings. The molecule has 6 rings (SSSR count). The molecule has 3 fully saturated rings. The number of rotatable bonds is 36. The van der Waals surface area contributed by atoms with Crippen LogP contribution in [0.15, 0.2) is 60.7 Å². The van der Waals surface area contributed by atoms with E-state index in [1.165, 1.54) is 24.3 Å². The van der Waals surface area contributed by atoms with Gasteiger partial charge in [0.05, 0.1) is 28.9 Å². The average molecular weight is 1260 g/mol. The number of aromatic nitrogens is 2. The van der Waals surface area contributed by atoms with Crippen LogP contribution in [0.25, 0.3) is 22.0 Å². The number of ether oxygens (including phenoxy) is 4. The molecule has 3 aliphatic heterocycles. The highest BCUT2D eigenvalue weighted by atomic mass is 35.5. The number of hydrogen-bond donors (Lipinski definition) is 4. The topological polar surface area (TPSA) is 248 Å². The second kappa shape index (κ2) is 36.1. The summed E-state index contributed by atoms with van der Waals surface area (Å²) in [4.78, 5) is 104. The molecule has 1 unspecified atom stereocenters. The number of fused-ring (bicyclic) bond motifs is 1. The molecule has 0 bridgehead atoms. The number of ketones is 2. The zero-order valence-electron chi connectivity index (χ0n) is 52.4. The molecular weight excluding hydrogens is 1170 g/mol. The van der Waals surface area contributed by atoms with E-state index in [0.29, 0.717) is 128 Å². The lowest BCUT2D eigenvalue weighted by molar-refractivity contribution is -0.164. The third-order valence-corrected chi connectivity index (χ3v) is 17.3. The first-order valence-corrected chi connectivity index (χ1v) is 31.8. The zero-order chi connectivity index (χ0) is 64.6. The Kier molecular flexibility index (Phi) is 28.9. The van der Waals surface area contributed by atoms with Gasteiger partial charge in [0.15, 0.2) is 5.82 Å². The van der Waals surface area contributed by atoms with E-state index in [-0.39, 0.29) is 88.8 Å². The smallest absolute Gasteiger partial charge is 0.293 e. The normalized spacial score (nSPS) is 18.1. The van der Waals surface area contributed by atoms with Gasteiger partial charge in [-0.3, -0.25) is 33.6 Å². The summed E-state index contributed by atoms with van der Waals surface area (Å²) in [6, 6.07) is 5.02. The van der Waals surface area contributed by atoms with Crippen LogP contribution in [0.5, 0.6) is 5.75 Å². The minimum atomic E-state index is -0.973. The number of amides is 4.